The standard InChI is InChI=1S/C11H13N5O/c12-8-11(4-2-1-3-5-11)9(17)15-10-13-6-7-14-16-10/h6-7H,1-5H2,(H,13,15,16,17). The third-order valence-electron chi connectivity index (χ3n) is 3.06. The van der Waals surface area contributed by atoms with Crippen molar-refractivity contribution >= 4 is 11.9 Å². The van der Waals surface area contributed by atoms with Crippen molar-refractivity contribution in [3.63, 3.8) is 0 Å². The molecule has 1 fully saturated rings. The summed E-state index contributed by atoms with van der Waals surface area (Å²) in [5.41, 5.74) is -0.919. The fraction of sp³-hybridized carbons (Fsp3) is 0.545. The molecule has 0 saturated heterocycles. The van der Waals surface area contributed by atoms with Crippen LogP contribution in [0.5, 0.6) is 0 Å². The van der Waals surface area contributed by atoms with Crippen LogP contribution in [0.4, 0.5) is 5.95 Å². The summed E-state index contributed by atoms with van der Waals surface area (Å²) in [6.07, 6.45) is 6.99. The minimum Gasteiger partial charge on any atom is -0.292 e. The number of amides is 1. The fourth-order valence-electron chi connectivity index (χ4n) is 2.07. The number of aromatic nitrogens is 3. The van der Waals surface area contributed by atoms with Crippen molar-refractivity contribution in [1.82, 2.24) is 15.2 Å². The number of carbonyl (C=O) groups is 1. The van der Waals surface area contributed by atoms with E-state index >= 15 is 0 Å². The summed E-state index contributed by atoms with van der Waals surface area (Å²) < 4.78 is 0. The van der Waals surface area contributed by atoms with Crippen LogP contribution in [0.1, 0.15) is 32.1 Å². The van der Waals surface area contributed by atoms with E-state index in [0.29, 0.717) is 12.8 Å². The lowest BCUT2D eigenvalue weighted by molar-refractivity contribution is -0.124. The van der Waals surface area contributed by atoms with Crippen molar-refractivity contribution in [1.29, 1.82) is 5.26 Å². The largest absolute Gasteiger partial charge is 0.292 e. The van der Waals surface area contributed by atoms with Gasteiger partial charge >= 0.3 is 0 Å². The third kappa shape index (κ3) is 2.38. The van der Waals surface area contributed by atoms with E-state index in [4.69, 9.17) is 0 Å². The summed E-state index contributed by atoms with van der Waals surface area (Å²) in [7, 11) is 0. The highest BCUT2D eigenvalue weighted by molar-refractivity contribution is 5.95. The van der Waals surface area contributed by atoms with E-state index < -0.39 is 5.41 Å². The number of hydrogen-bond acceptors (Lipinski definition) is 5. The lowest BCUT2D eigenvalue weighted by Crippen LogP contribution is -2.37. The third-order valence-corrected chi connectivity index (χ3v) is 3.06. The average Bonchev–Trinajstić information content (AvgIpc) is 2.40. The lowest BCUT2D eigenvalue weighted by Gasteiger charge is -2.28. The summed E-state index contributed by atoms with van der Waals surface area (Å²) >= 11 is 0. The Bertz CT molecular complexity index is 433. The lowest BCUT2D eigenvalue weighted by atomic mass is 9.74. The molecule has 0 radical (unpaired) electrons. The smallest absolute Gasteiger partial charge is 0.249 e. The predicted octanol–water partition coefficient (Wildman–Crippen LogP) is 1.28. The first-order valence-electron chi connectivity index (χ1n) is 5.63. The zero-order valence-corrected chi connectivity index (χ0v) is 9.39. The number of carbonyl (C=O) groups excluding carboxylic acids is 1. The molecule has 0 aliphatic heterocycles. The topological polar surface area (TPSA) is 91.6 Å². The Morgan fingerprint density at radius 3 is 2.71 bits per heavy atom. The summed E-state index contributed by atoms with van der Waals surface area (Å²) in [5, 5.41) is 19.1. The van der Waals surface area contributed by atoms with Gasteiger partial charge in [-0.15, -0.1) is 5.10 Å². The van der Waals surface area contributed by atoms with Crippen LogP contribution in [-0.4, -0.2) is 21.1 Å². The summed E-state index contributed by atoms with van der Waals surface area (Å²) in [6, 6.07) is 2.15. The van der Waals surface area contributed by atoms with Gasteiger partial charge in [0.2, 0.25) is 11.9 Å². The minimum atomic E-state index is -0.919. The summed E-state index contributed by atoms with van der Waals surface area (Å²) in [6.45, 7) is 0. The average molecular weight is 231 g/mol. The summed E-state index contributed by atoms with van der Waals surface area (Å²) in [5.74, 6) is -0.162. The molecule has 6 heteroatoms. The number of anilines is 1. The molecular formula is C11H13N5O. The quantitative estimate of drug-likeness (QED) is 0.827. The number of nitriles is 1. The number of rotatable bonds is 2. The molecule has 2 rings (SSSR count). The Balaban J connectivity index is 2.11. The number of nitrogens with one attached hydrogen (secondary N) is 1. The Kier molecular flexibility index (Phi) is 3.28. The zero-order chi connectivity index (χ0) is 12.1. The Hall–Kier alpha value is -2.03. The van der Waals surface area contributed by atoms with Crippen molar-refractivity contribution in [2.24, 2.45) is 5.41 Å². The van der Waals surface area contributed by atoms with Crippen LogP contribution in [0.15, 0.2) is 12.4 Å². The Morgan fingerprint density at radius 1 is 1.35 bits per heavy atom. The molecule has 17 heavy (non-hydrogen) atoms. The van der Waals surface area contributed by atoms with E-state index in [9.17, 15) is 10.1 Å². The van der Waals surface area contributed by atoms with Crippen LogP contribution in [0.2, 0.25) is 0 Å². The second-order valence-electron chi connectivity index (χ2n) is 4.18. The zero-order valence-electron chi connectivity index (χ0n) is 9.39. The first kappa shape index (κ1) is 11.5. The van der Waals surface area contributed by atoms with Crippen molar-refractivity contribution in [2.45, 2.75) is 32.1 Å². The van der Waals surface area contributed by atoms with E-state index in [1.165, 1.54) is 12.4 Å². The second kappa shape index (κ2) is 4.87. The normalized spacial score (nSPS) is 18.1. The maximum atomic E-state index is 12.1. The molecule has 1 amide bonds. The fourth-order valence-corrected chi connectivity index (χ4v) is 2.07. The molecule has 0 bridgehead atoms. The highest BCUT2D eigenvalue weighted by Crippen LogP contribution is 2.36. The molecule has 0 atom stereocenters. The van der Waals surface area contributed by atoms with Gasteiger partial charge in [0, 0.05) is 0 Å². The monoisotopic (exact) mass is 231 g/mol. The van der Waals surface area contributed by atoms with Crippen LogP contribution in [0.25, 0.3) is 0 Å². The van der Waals surface area contributed by atoms with Gasteiger partial charge < -0.3 is 0 Å². The molecule has 0 aromatic carbocycles. The molecule has 0 spiro atoms. The van der Waals surface area contributed by atoms with Crippen molar-refractivity contribution in [2.75, 3.05) is 5.32 Å². The first-order valence-corrected chi connectivity index (χ1v) is 5.63. The van der Waals surface area contributed by atoms with Crippen molar-refractivity contribution in [3.8, 4) is 6.07 Å². The minimum absolute atomic E-state index is 0.151. The van der Waals surface area contributed by atoms with Crippen LogP contribution in [-0.2, 0) is 4.79 Å². The molecule has 1 aromatic heterocycles. The molecule has 1 aliphatic rings. The van der Waals surface area contributed by atoms with Gasteiger partial charge in [-0.25, -0.2) is 4.98 Å². The number of nitrogens with zero attached hydrogens (tertiary/aromatic N) is 4. The predicted molar refractivity (Wildman–Crippen MR) is 59.6 cm³/mol. The van der Waals surface area contributed by atoms with Gasteiger partial charge in [-0.1, -0.05) is 19.3 Å². The summed E-state index contributed by atoms with van der Waals surface area (Å²) in [4.78, 5) is 15.9. The molecular weight excluding hydrogens is 218 g/mol. The van der Waals surface area contributed by atoms with Gasteiger partial charge in [0.25, 0.3) is 0 Å². The maximum Gasteiger partial charge on any atom is 0.249 e. The van der Waals surface area contributed by atoms with E-state index in [1.807, 2.05) is 0 Å². The molecule has 1 aromatic rings. The van der Waals surface area contributed by atoms with Crippen LogP contribution < -0.4 is 5.32 Å². The van der Waals surface area contributed by atoms with Crippen molar-refractivity contribution in [3.05, 3.63) is 12.4 Å². The van der Waals surface area contributed by atoms with Gasteiger partial charge in [0.15, 0.2) is 0 Å². The Morgan fingerprint density at radius 2 is 2.12 bits per heavy atom. The highest BCUT2D eigenvalue weighted by atomic mass is 16.2. The van der Waals surface area contributed by atoms with E-state index in [2.05, 4.69) is 26.6 Å². The highest BCUT2D eigenvalue weighted by Gasteiger charge is 2.40. The van der Waals surface area contributed by atoms with Gasteiger partial charge in [-0.2, -0.15) is 10.4 Å². The molecule has 1 saturated carbocycles. The van der Waals surface area contributed by atoms with Gasteiger partial charge in [-0.05, 0) is 12.8 Å². The SMILES string of the molecule is N#CC1(C(=O)Nc2nccnn2)CCCCC1. The molecule has 1 aliphatic carbocycles. The van der Waals surface area contributed by atoms with E-state index in [-0.39, 0.29) is 11.9 Å². The molecule has 1 heterocycles. The molecule has 0 unspecified atom stereocenters. The van der Waals surface area contributed by atoms with Crippen LogP contribution >= 0.6 is 0 Å². The van der Waals surface area contributed by atoms with E-state index in [1.54, 1.807) is 0 Å². The Labute approximate surface area is 99.1 Å². The maximum absolute atomic E-state index is 12.1. The van der Waals surface area contributed by atoms with Crippen molar-refractivity contribution < 1.29 is 4.79 Å². The van der Waals surface area contributed by atoms with Gasteiger partial charge in [0.1, 0.15) is 5.41 Å². The molecule has 88 valence electrons. The second-order valence-corrected chi connectivity index (χ2v) is 4.18. The first-order chi connectivity index (χ1) is 8.27. The molecule has 1 N–H and O–H groups in total. The van der Waals surface area contributed by atoms with Gasteiger partial charge in [-0.3, -0.25) is 10.1 Å². The number of hydrogen-bond donors (Lipinski definition) is 1. The van der Waals surface area contributed by atoms with Gasteiger partial charge in [0.05, 0.1) is 18.5 Å². The van der Waals surface area contributed by atoms with Crippen LogP contribution in [0, 0.1) is 16.7 Å². The van der Waals surface area contributed by atoms with E-state index in [0.717, 1.165) is 19.3 Å². The molecule has 6 nitrogen and oxygen atoms in total. The van der Waals surface area contributed by atoms with Crippen LogP contribution in [0.3, 0.4) is 0 Å².